The van der Waals surface area contributed by atoms with Crippen LogP contribution in [0.15, 0.2) is 0 Å². The summed E-state index contributed by atoms with van der Waals surface area (Å²) in [6.45, 7) is 6.82. The van der Waals surface area contributed by atoms with Crippen LogP contribution in [0.5, 0.6) is 0 Å². The number of rotatable bonds is 5. The Bertz CT molecular complexity index is 165. The number of hydrogen-bond donors (Lipinski definition) is 2. The maximum Gasteiger partial charge on any atom is 0.308 e. The Morgan fingerprint density at radius 2 is 2.08 bits per heavy atom. The maximum atomic E-state index is 10.8. The van der Waals surface area contributed by atoms with Crippen LogP contribution < -0.4 is 5.32 Å². The lowest BCUT2D eigenvalue weighted by Gasteiger charge is -2.20. The van der Waals surface area contributed by atoms with Gasteiger partial charge in [0.15, 0.2) is 0 Å². The van der Waals surface area contributed by atoms with Gasteiger partial charge in [-0.25, -0.2) is 0 Å². The molecule has 1 atom stereocenters. The normalized spacial score (nSPS) is 14.2. The summed E-state index contributed by atoms with van der Waals surface area (Å²) in [5, 5.41) is 11.7. The maximum absolute atomic E-state index is 10.8. The van der Waals surface area contributed by atoms with Crippen LogP contribution in [0.4, 0.5) is 0 Å². The highest BCUT2D eigenvalue weighted by atomic mass is 32.2. The number of carboxylic acid groups (broad SMARTS) is 1. The van der Waals surface area contributed by atoms with Crippen molar-refractivity contribution >= 4 is 17.7 Å². The summed E-state index contributed by atoms with van der Waals surface area (Å²) < 4.78 is 0.140. The fourth-order valence-electron chi connectivity index (χ4n) is 0.815. The molecule has 0 bridgehead atoms. The molecule has 78 valence electrons. The van der Waals surface area contributed by atoms with Crippen molar-refractivity contribution in [2.24, 2.45) is 5.92 Å². The topological polar surface area (TPSA) is 49.3 Å². The second-order valence-corrected chi connectivity index (χ2v) is 5.86. The van der Waals surface area contributed by atoms with Crippen LogP contribution in [0.1, 0.15) is 20.8 Å². The minimum absolute atomic E-state index is 0.140. The monoisotopic (exact) mass is 205 g/mol. The molecule has 0 aliphatic heterocycles. The molecule has 0 amide bonds. The Morgan fingerprint density at radius 3 is 2.38 bits per heavy atom. The smallest absolute Gasteiger partial charge is 0.308 e. The number of carbonyl (C=O) groups is 1. The summed E-state index contributed by atoms with van der Waals surface area (Å²) >= 11 is 1.69. The third-order valence-electron chi connectivity index (χ3n) is 1.52. The molecule has 0 fully saturated rings. The van der Waals surface area contributed by atoms with Crippen molar-refractivity contribution < 1.29 is 9.90 Å². The van der Waals surface area contributed by atoms with E-state index in [1.807, 2.05) is 0 Å². The lowest BCUT2D eigenvalue weighted by molar-refractivity contribution is -0.140. The van der Waals surface area contributed by atoms with Crippen LogP contribution in [-0.2, 0) is 4.79 Å². The third-order valence-corrected chi connectivity index (χ3v) is 2.95. The highest BCUT2D eigenvalue weighted by molar-refractivity contribution is 8.00. The van der Waals surface area contributed by atoms with Gasteiger partial charge in [-0.1, -0.05) is 20.8 Å². The number of thioether (sulfide) groups is 1. The molecule has 0 aliphatic rings. The predicted molar refractivity (Wildman–Crippen MR) is 57.3 cm³/mol. The first-order valence-corrected chi connectivity index (χ1v) is 5.36. The van der Waals surface area contributed by atoms with Gasteiger partial charge in [-0.2, -0.15) is 11.8 Å². The highest BCUT2D eigenvalue weighted by Gasteiger charge is 2.20. The molecule has 0 saturated heterocycles. The summed E-state index contributed by atoms with van der Waals surface area (Å²) in [5.74, 6) is -0.333. The average Bonchev–Trinajstić information content (AvgIpc) is 1.95. The first-order chi connectivity index (χ1) is 5.87. The zero-order valence-electron chi connectivity index (χ0n) is 8.76. The summed E-state index contributed by atoms with van der Waals surface area (Å²) in [4.78, 5) is 10.8. The predicted octanol–water partition coefficient (Wildman–Crippen LogP) is 1.44. The van der Waals surface area contributed by atoms with Gasteiger partial charge in [-0.3, -0.25) is 4.79 Å². The molecule has 0 aliphatic carbocycles. The number of carboxylic acids is 1. The van der Waals surface area contributed by atoms with Crippen LogP contribution in [0.3, 0.4) is 0 Å². The van der Waals surface area contributed by atoms with Gasteiger partial charge in [-0.15, -0.1) is 0 Å². The van der Waals surface area contributed by atoms with E-state index in [0.717, 1.165) is 0 Å². The summed E-state index contributed by atoms with van der Waals surface area (Å²) in [6.07, 6.45) is 0. The van der Waals surface area contributed by atoms with Gasteiger partial charge in [0.2, 0.25) is 0 Å². The molecule has 0 saturated carbocycles. The number of hydrogen-bond acceptors (Lipinski definition) is 3. The van der Waals surface area contributed by atoms with Gasteiger partial charge in [0, 0.05) is 17.0 Å². The van der Waals surface area contributed by atoms with Gasteiger partial charge in [0.25, 0.3) is 0 Å². The fourth-order valence-corrected chi connectivity index (χ4v) is 1.78. The van der Waals surface area contributed by atoms with Crippen molar-refractivity contribution in [2.45, 2.75) is 25.5 Å². The second kappa shape index (κ2) is 5.50. The van der Waals surface area contributed by atoms with Crippen molar-refractivity contribution in [3.63, 3.8) is 0 Å². The van der Waals surface area contributed by atoms with Crippen LogP contribution in [-0.4, -0.2) is 35.2 Å². The van der Waals surface area contributed by atoms with E-state index in [-0.39, 0.29) is 10.7 Å². The Hall–Kier alpha value is -0.220. The van der Waals surface area contributed by atoms with E-state index in [2.05, 4.69) is 26.1 Å². The Kier molecular flexibility index (Phi) is 5.40. The molecule has 0 rings (SSSR count). The van der Waals surface area contributed by atoms with Crippen LogP contribution >= 0.6 is 11.8 Å². The molecule has 0 spiro atoms. The standard InChI is InChI=1S/C9H19NO2S/c1-9(2,3)13-6-7(5-10-4)8(11)12/h7,10H,5-6H2,1-4H3,(H,11,12). The van der Waals surface area contributed by atoms with Gasteiger partial charge in [0.05, 0.1) is 5.92 Å². The molecular weight excluding hydrogens is 186 g/mol. The van der Waals surface area contributed by atoms with Crippen molar-refractivity contribution in [2.75, 3.05) is 19.3 Å². The van der Waals surface area contributed by atoms with E-state index in [1.165, 1.54) is 0 Å². The van der Waals surface area contributed by atoms with Crippen LogP contribution in [0.25, 0.3) is 0 Å². The molecule has 0 aromatic rings. The average molecular weight is 205 g/mol. The molecule has 13 heavy (non-hydrogen) atoms. The Balaban J connectivity index is 3.90. The minimum atomic E-state index is -0.717. The number of aliphatic carboxylic acids is 1. The van der Waals surface area contributed by atoms with Crippen molar-refractivity contribution in [1.29, 1.82) is 0 Å². The SMILES string of the molecule is CNCC(CSC(C)(C)C)C(=O)O. The fraction of sp³-hybridized carbons (Fsp3) is 0.889. The van der Waals surface area contributed by atoms with E-state index in [4.69, 9.17) is 5.11 Å². The number of nitrogens with one attached hydrogen (secondary N) is 1. The van der Waals surface area contributed by atoms with E-state index < -0.39 is 5.97 Å². The van der Waals surface area contributed by atoms with Gasteiger partial charge < -0.3 is 10.4 Å². The minimum Gasteiger partial charge on any atom is -0.481 e. The zero-order valence-corrected chi connectivity index (χ0v) is 9.57. The third kappa shape index (κ3) is 6.90. The van der Waals surface area contributed by atoms with Gasteiger partial charge >= 0.3 is 5.97 Å². The van der Waals surface area contributed by atoms with Crippen molar-refractivity contribution in [3.05, 3.63) is 0 Å². The zero-order chi connectivity index (χ0) is 10.5. The van der Waals surface area contributed by atoms with E-state index in [9.17, 15) is 4.79 Å². The van der Waals surface area contributed by atoms with E-state index in [0.29, 0.717) is 12.3 Å². The molecule has 1 unspecified atom stereocenters. The molecule has 4 heteroatoms. The molecule has 2 N–H and O–H groups in total. The van der Waals surface area contributed by atoms with E-state index in [1.54, 1.807) is 18.8 Å². The second-order valence-electron chi connectivity index (χ2n) is 4.02. The first-order valence-electron chi connectivity index (χ1n) is 4.38. The first kappa shape index (κ1) is 12.8. The largest absolute Gasteiger partial charge is 0.481 e. The van der Waals surface area contributed by atoms with Crippen molar-refractivity contribution in [1.82, 2.24) is 5.32 Å². The van der Waals surface area contributed by atoms with Crippen LogP contribution in [0, 0.1) is 5.92 Å². The summed E-state index contributed by atoms with van der Waals surface area (Å²) in [6, 6.07) is 0. The molecule has 0 aromatic heterocycles. The van der Waals surface area contributed by atoms with Crippen molar-refractivity contribution in [3.8, 4) is 0 Å². The van der Waals surface area contributed by atoms with Crippen LogP contribution in [0.2, 0.25) is 0 Å². The molecule has 0 heterocycles. The quantitative estimate of drug-likeness (QED) is 0.713. The Morgan fingerprint density at radius 1 is 1.54 bits per heavy atom. The lowest BCUT2D eigenvalue weighted by atomic mass is 10.2. The molecular formula is C9H19NO2S. The van der Waals surface area contributed by atoms with E-state index >= 15 is 0 Å². The van der Waals surface area contributed by atoms with Gasteiger partial charge in [-0.05, 0) is 7.05 Å². The molecule has 3 nitrogen and oxygen atoms in total. The highest BCUT2D eigenvalue weighted by Crippen LogP contribution is 2.25. The summed E-state index contributed by atoms with van der Waals surface area (Å²) in [5.41, 5.74) is 0. The van der Waals surface area contributed by atoms with Gasteiger partial charge in [0.1, 0.15) is 0 Å². The molecule has 0 aromatic carbocycles. The Labute approximate surface area is 84.3 Å². The molecule has 0 radical (unpaired) electrons. The lowest BCUT2D eigenvalue weighted by Crippen LogP contribution is -2.29. The summed E-state index contributed by atoms with van der Waals surface area (Å²) in [7, 11) is 1.78.